The Morgan fingerprint density at radius 2 is 1.73 bits per heavy atom. The quantitative estimate of drug-likeness (QED) is 0.338. The van der Waals surface area contributed by atoms with E-state index in [9.17, 15) is 14.0 Å². The van der Waals surface area contributed by atoms with Crippen molar-refractivity contribution in [2.75, 3.05) is 10.2 Å². The van der Waals surface area contributed by atoms with Crippen LogP contribution in [0.2, 0.25) is 5.02 Å². The second-order valence-corrected chi connectivity index (χ2v) is 10.2. The van der Waals surface area contributed by atoms with E-state index in [4.69, 9.17) is 11.6 Å². The molecule has 0 spiro atoms. The smallest absolute Gasteiger partial charge is 0.227 e. The van der Waals surface area contributed by atoms with Gasteiger partial charge in [0.25, 0.3) is 0 Å². The van der Waals surface area contributed by atoms with Gasteiger partial charge in [0.2, 0.25) is 5.91 Å². The van der Waals surface area contributed by atoms with Gasteiger partial charge in [0, 0.05) is 29.1 Å². The molecule has 6 heteroatoms. The number of nitrogens with zero attached hydrogens (tertiary/aromatic N) is 1. The van der Waals surface area contributed by atoms with Crippen molar-refractivity contribution in [1.29, 1.82) is 0 Å². The van der Waals surface area contributed by atoms with E-state index >= 15 is 0 Å². The van der Waals surface area contributed by atoms with E-state index < -0.39 is 6.04 Å². The van der Waals surface area contributed by atoms with Crippen LogP contribution in [-0.2, 0) is 9.59 Å². The van der Waals surface area contributed by atoms with Crippen LogP contribution in [0.5, 0.6) is 0 Å². The van der Waals surface area contributed by atoms with E-state index in [0.29, 0.717) is 23.4 Å². The molecule has 1 heterocycles. The van der Waals surface area contributed by atoms with Crippen LogP contribution in [-0.4, -0.2) is 11.7 Å². The number of Topliss-reactive ketones (excluding diaryl/α,β-unsaturated/α-hetero) is 1. The highest BCUT2D eigenvalue weighted by Crippen LogP contribution is 2.48. The van der Waals surface area contributed by atoms with Crippen molar-refractivity contribution in [1.82, 2.24) is 0 Å². The number of anilines is 2. The van der Waals surface area contributed by atoms with Gasteiger partial charge in [0.15, 0.2) is 5.78 Å². The van der Waals surface area contributed by atoms with Gasteiger partial charge in [0.1, 0.15) is 5.82 Å². The summed E-state index contributed by atoms with van der Waals surface area (Å²) >= 11 is 6.73. The monoisotopic (exact) mass is 516 g/mol. The third kappa shape index (κ3) is 5.05. The molecule has 3 aromatic carbocycles. The number of nitrogens with one attached hydrogen (secondary N) is 1. The largest absolute Gasteiger partial charge is 0.357 e. The average Bonchev–Trinajstić information content (AvgIpc) is 3.04. The van der Waals surface area contributed by atoms with E-state index in [2.05, 4.69) is 12.2 Å². The molecular formula is C31H30ClFN2O2. The van der Waals surface area contributed by atoms with Crippen molar-refractivity contribution < 1.29 is 14.0 Å². The molecule has 0 unspecified atom stereocenters. The summed E-state index contributed by atoms with van der Waals surface area (Å²) in [5.41, 5.74) is 4.52. The minimum atomic E-state index is -0.643. The lowest BCUT2D eigenvalue weighted by Gasteiger charge is -2.35. The minimum absolute atomic E-state index is 0.0326. The maximum Gasteiger partial charge on any atom is 0.227 e. The number of para-hydroxylation sites is 2. The highest BCUT2D eigenvalue weighted by atomic mass is 35.5. The Morgan fingerprint density at radius 1 is 1.00 bits per heavy atom. The van der Waals surface area contributed by atoms with Gasteiger partial charge in [-0.2, -0.15) is 0 Å². The predicted molar refractivity (Wildman–Crippen MR) is 146 cm³/mol. The summed E-state index contributed by atoms with van der Waals surface area (Å²) in [5, 5.41) is 4.03. The molecule has 37 heavy (non-hydrogen) atoms. The number of allylic oxidation sites excluding steroid dienone is 1. The highest BCUT2D eigenvalue weighted by molar-refractivity contribution is 6.31. The number of amides is 1. The Labute approximate surface area is 222 Å². The van der Waals surface area contributed by atoms with Gasteiger partial charge in [-0.1, -0.05) is 73.8 Å². The predicted octanol–water partition coefficient (Wildman–Crippen LogP) is 7.96. The molecule has 2 aliphatic rings. The summed E-state index contributed by atoms with van der Waals surface area (Å²) in [6.07, 6.45) is 3.99. The second-order valence-electron chi connectivity index (χ2n) is 9.76. The normalized spacial score (nSPS) is 19.1. The standard InChI is InChI=1S/C31H30ClFN2O2/c1-2-3-4-13-29(37)35-27-12-8-7-11-25(27)34-26-18-21(20-14-16-22(33)17-15-20)19-28(36)30(26)31(35)23-9-5-6-10-24(23)32/h5-12,14-17,21,31,34H,2-4,13,18-19H2,1H3/t21-,31-/m1/s1. The van der Waals surface area contributed by atoms with E-state index in [1.165, 1.54) is 12.1 Å². The third-order valence-electron chi connectivity index (χ3n) is 7.29. The number of carbonyl (C=O) groups is 2. The molecule has 1 amide bonds. The lowest BCUT2D eigenvalue weighted by Crippen LogP contribution is -2.38. The van der Waals surface area contributed by atoms with Gasteiger partial charge in [-0.25, -0.2) is 4.39 Å². The first-order chi connectivity index (χ1) is 18.0. The van der Waals surface area contributed by atoms with Crippen molar-refractivity contribution >= 4 is 34.7 Å². The molecule has 0 saturated heterocycles. The van der Waals surface area contributed by atoms with Gasteiger partial charge in [-0.3, -0.25) is 14.5 Å². The highest BCUT2D eigenvalue weighted by Gasteiger charge is 2.42. The topological polar surface area (TPSA) is 49.4 Å². The molecule has 4 nitrogen and oxygen atoms in total. The van der Waals surface area contributed by atoms with E-state index in [1.807, 2.05) is 42.5 Å². The summed E-state index contributed by atoms with van der Waals surface area (Å²) in [6, 6.07) is 20.8. The van der Waals surface area contributed by atoms with Crippen LogP contribution >= 0.6 is 11.6 Å². The Hall–Kier alpha value is -3.44. The zero-order chi connectivity index (χ0) is 25.9. The number of carbonyl (C=O) groups excluding carboxylic acids is 2. The summed E-state index contributed by atoms with van der Waals surface area (Å²) in [4.78, 5) is 29.6. The molecule has 190 valence electrons. The molecular weight excluding hydrogens is 487 g/mol. The number of hydrogen-bond donors (Lipinski definition) is 1. The van der Waals surface area contributed by atoms with Crippen LogP contribution in [0.1, 0.15) is 68.5 Å². The van der Waals surface area contributed by atoms with Crippen LogP contribution in [0, 0.1) is 5.82 Å². The number of hydrogen-bond acceptors (Lipinski definition) is 3. The fraction of sp³-hybridized carbons (Fsp3) is 0.290. The molecule has 2 atom stereocenters. The molecule has 0 bridgehead atoms. The molecule has 1 N–H and O–H groups in total. The van der Waals surface area contributed by atoms with Crippen LogP contribution in [0.4, 0.5) is 15.8 Å². The number of unbranched alkanes of at least 4 members (excludes halogenated alkanes) is 2. The van der Waals surface area contributed by atoms with Crippen LogP contribution in [0.25, 0.3) is 0 Å². The summed E-state index contributed by atoms with van der Waals surface area (Å²) in [5.74, 6) is -0.462. The lowest BCUT2D eigenvalue weighted by molar-refractivity contribution is -0.119. The van der Waals surface area contributed by atoms with Crippen molar-refractivity contribution in [3.8, 4) is 0 Å². The number of rotatable bonds is 6. The number of ketones is 1. The molecule has 1 aliphatic heterocycles. The maximum absolute atomic E-state index is 14.0. The molecule has 5 rings (SSSR count). The van der Waals surface area contributed by atoms with Crippen molar-refractivity contribution in [3.05, 3.63) is 106 Å². The maximum atomic E-state index is 14.0. The number of fused-ring (bicyclic) bond motifs is 1. The lowest BCUT2D eigenvalue weighted by atomic mass is 9.78. The Morgan fingerprint density at radius 3 is 2.49 bits per heavy atom. The zero-order valence-electron chi connectivity index (χ0n) is 20.8. The first kappa shape index (κ1) is 25.2. The molecule has 0 fully saturated rings. The Balaban J connectivity index is 1.67. The first-order valence-corrected chi connectivity index (χ1v) is 13.3. The van der Waals surface area contributed by atoms with Crippen molar-refractivity contribution in [2.24, 2.45) is 0 Å². The molecule has 1 aliphatic carbocycles. The van der Waals surface area contributed by atoms with Crippen LogP contribution < -0.4 is 10.2 Å². The van der Waals surface area contributed by atoms with Crippen LogP contribution in [0.3, 0.4) is 0 Å². The fourth-order valence-corrected chi connectivity index (χ4v) is 5.71. The van der Waals surface area contributed by atoms with Crippen LogP contribution in [0.15, 0.2) is 84.1 Å². The number of halogens is 2. The minimum Gasteiger partial charge on any atom is -0.357 e. The summed E-state index contributed by atoms with van der Waals surface area (Å²) in [7, 11) is 0. The van der Waals surface area contributed by atoms with Crippen molar-refractivity contribution in [2.45, 2.75) is 57.4 Å². The van der Waals surface area contributed by atoms with Crippen molar-refractivity contribution in [3.63, 3.8) is 0 Å². The Kier molecular flexibility index (Phi) is 7.43. The van der Waals surface area contributed by atoms with E-state index in [1.54, 1.807) is 23.1 Å². The fourth-order valence-electron chi connectivity index (χ4n) is 5.47. The number of benzene rings is 3. The van der Waals surface area contributed by atoms with Gasteiger partial charge in [-0.15, -0.1) is 0 Å². The first-order valence-electron chi connectivity index (χ1n) is 12.9. The SMILES string of the molecule is CCCCCC(=O)N1c2ccccc2NC2=C(C(=O)C[C@H](c3ccc(F)cc3)C2)[C@H]1c1ccccc1Cl. The molecule has 3 aromatic rings. The van der Waals surface area contributed by atoms with Gasteiger partial charge >= 0.3 is 0 Å². The zero-order valence-corrected chi connectivity index (χ0v) is 21.6. The van der Waals surface area contributed by atoms with E-state index in [0.717, 1.165) is 47.5 Å². The average molecular weight is 517 g/mol. The second kappa shape index (κ2) is 10.9. The summed E-state index contributed by atoms with van der Waals surface area (Å²) < 4.78 is 13.6. The van der Waals surface area contributed by atoms with Gasteiger partial charge < -0.3 is 5.32 Å². The van der Waals surface area contributed by atoms with Gasteiger partial charge in [0.05, 0.1) is 17.4 Å². The molecule has 0 saturated carbocycles. The summed E-state index contributed by atoms with van der Waals surface area (Å²) in [6.45, 7) is 2.11. The molecule has 0 radical (unpaired) electrons. The third-order valence-corrected chi connectivity index (χ3v) is 7.64. The Bertz CT molecular complexity index is 1350. The molecule has 0 aromatic heterocycles. The van der Waals surface area contributed by atoms with Gasteiger partial charge in [-0.05, 0) is 60.2 Å². The van der Waals surface area contributed by atoms with E-state index in [-0.39, 0.29) is 29.8 Å².